The van der Waals surface area contributed by atoms with Crippen LogP contribution in [0.2, 0.25) is 0 Å². The van der Waals surface area contributed by atoms with E-state index in [4.69, 9.17) is 19.9 Å². The van der Waals surface area contributed by atoms with Crippen LogP contribution in [0.15, 0.2) is 54.9 Å². The normalized spacial score (nSPS) is 10.2. The maximum atomic E-state index is 12.1. The Labute approximate surface area is 162 Å². The highest BCUT2D eigenvalue weighted by atomic mass is 16.5. The zero-order chi connectivity index (χ0) is 20.1. The fourth-order valence-corrected chi connectivity index (χ4v) is 2.69. The average Bonchev–Trinajstić information content (AvgIpc) is 2.74. The summed E-state index contributed by atoms with van der Waals surface area (Å²) in [5, 5.41) is 0. The van der Waals surface area contributed by atoms with Crippen molar-refractivity contribution in [1.29, 1.82) is 0 Å². The summed E-state index contributed by atoms with van der Waals surface area (Å²) in [5.41, 5.74) is 7.46. The van der Waals surface area contributed by atoms with Gasteiger partial charge < -0.3 is 24.8 Å². The van der Waals surface area contributed by atoms with Gasteiger partial charge in [-0.15, -0.1) is 0 Å². The van der Waals surface area contributed by atoms with Gasteiger partial charge >= 0.3 is 5.97 Å². The first-order valence-electron chi connectivity index (χ1n) is 8.39. The number of carbonyl (C=O) groups is 1. The summed E-state index contributed by atoms with van der Waals surface area (Å²) in [7, 11) is 4.62. The number of esters is 1. The van der Waals surface area contributed by atoms with Crippen LogP contribution in [-0.2, 0) is 4.74 Å². The molecule has 0 atom stereocenters. The summed E-state index contributed by atoms with van der Waals surface area (Å²) >= 11 is 0. The van der Waals surface area contributed by atoms with Crippen molar-refractivity contribution in [1.82, 2.24) is 9.97 Å². The number of hydrogen-bond donors (Lipinski definition) is 1. The van der Waals surface area contributed by atoms with E-state index in [1.165, 1.54) is 13.4 Å². The lowest BCUT2D eigenvalue weighted by Gasteiger charge is -2.22. The lowest BCUT2D eigenvalue weighted by molar-refractivity contribution is 0.0601. The molecule has 1 heterocycles. The van der Waals surface area contributed by atoms with E-state index in [-0.39, 0.29) is 11.6 Å². The van der Waals surface area contributed by atoms with Gasteiger partial charge in [-0.05, 0) is 24.3 Å². The largest absolute Gasteiger partial charge is 0.493 e. The van der Waals surface area contributed by atoms with E-state index < -0.39 is 5.97 Å². The molecule has 1 aromatic heterocycles. The SMILES string of the molecule is COC(=O)c1ccccc1N(C)c1ncnc(Oc2ccccc2OC)c1N. The molecule has 0 unspecified atom stereocenters. The van der Waals surface area contributed by atoms with Crippen LogP contribution < -0.4 is 20.1 Å². The number of hydrogen-bond acceptors (Lipinski definition) is 8. The van der Waals surface area contributed by atoms with Crippen molar-refractivity contribution in [2.45, 2.75) is 0 Å². The molecule has 2 N–H and O–H groups in total. The fourth-order valence-electron chi connectivity index (χ4n) is 2.69. The summed E-state index contributed by atoms with van der Waals surface area (Å²) in [6.07, 6.45) is 1.34. The molecule has 0 saturated heterocycles. The number of benzene rings is 2. The molecule has 3 rings (SSSR count). The van der Waals surface area contributed by atoms with E-state index in [1.807, 2.05) is 18.2 Å². The van der Waals surface area contributed by atoms with Gasteiger partial charge in [-0.25, -0.2) is 9.78 Å². The van der Waals surface area contributed by atoms with E-state index in [2.05, 4.69) is 9.97 Å². The smallest absolute Gasteiger partial charge is 0.339 e. The molecule has 0 aliphatic rings. The number of nitrogens with zero attached hydrogens (tertiary/aromatic N) is 3. The molecule has 28 heavy (non-hydrogen) atoms. The molecule has 0 saturated carbocycles. The predicted molar refractivity (Wildman–Crippen MR) is 105 cm³/mol. The van der Waals surface area contributed by atoms with Gasteiger partial charge in [-0.3, -0.25) is 0 Å². The number of ether oxygens (including phenoxy) is 3. The third-order valence-corrected chi connectivity index (χ3v) is 4.09. The molecule has 2 aromatic carbocycles. The Hall–Kier alpha value is -3.81. The van der Waals surface area contributed by atoms with Crippen LogP contribution in [0, 0.1) is 0 Å². The van der Waals surface area contributed by atoms with Crippen LogP contribution >= 0.6 is 0 Å². The highest BCUT2D eigenvalue weighted by Crippen LogP contribution is 2.37. The predicted octanol–water partition coefficient (Wildman–Crippen LogP) is 3.41. The van der Waals surface area contributed by atoms with Gasteiger partial charge in [-0.1, -0.05) is 24.3 Å². The topological polar surface area (TPSA) is 99.8 Å². The summed E-state index contributed by atoms with van der Waals surface area (Å²) < 4.78 is 16.0. The van der Waals surface area contributed by atoms with Crippen LogP contribution in [0.25, 0.3) is 0 Å². The fraction of sp³-hybridized carbons (Fsp3) is 0.150. The Balaban J connectivity index is 1.99. The van der Waals surface area contributed by atoms with Gasteiger partial charge in [0.15, 0.2) is 17.3 Å². The number of nitrogens with two attached hydrogens (primary N) is 1. The second-order valence-electron chi connectivity index (χ2n) is 5.74. The standard InChI is InChI=1S/C20H20N4O4/c1-24(14-9-5-4-8-13(14)20(25)27-3)18-17(21)19(23-12-22-18)28-16-11-7-6-10-15(16)26-2/h4-12H,21H2,1-3H3. The molecular formula is C20H20N4O4. The van der Waals surface area contributed by atoms with Crippen molar-refractivity contribution in [3.63, 3.8) is 0 Å². The summed E-state index contributed by atoms with van der Waals surface area (Å²) in [4.78, 5) is 22.1. The molecule has 0 radical (unpaired) electrons. The van der Waals surface area contributed by atoms with Gasteiger partial charge in [0.1, 0.15) is 12.0 Å². The molecule has 8 heteroatoms. The van der Waals surface area contributed by atoms with Crippen molar-refractivity contribution in [3.05, 3.63) is 60.4 Å². The summed E-state index contributed by atoms with van der Waals surface area (Å²) in [6.45, 7) is 0. The first-order valence-corrected chi connectivity index (χ1v) is 8.39. The number of anilines is 3. The third-order valence-electron chi connectivity index (χ3n) is 4.09. The minimum atomic E-state index is -0.458. The first-order chi connectivity index (χ1) is 13.6. The number of carbonyl (C=O) groups excluding carboxylic acids is 1. The van der Waals surface area contributed by atoms with E-state index in [0.29, 0.717) is 28.6 Å². The van der Waals surface area contributed by atoms with Crippen molar-refractivity contribution >= 4 is 23.2 Å². The lowest BCUT2D eigenvalue weighted by Crippen LogP contribution is -2.18. The Morgan fingerprint density at radius 3 is 2.39 bits per heavy atom. The first kappa shape index (κ1) is 19.0. The minimum absolute atomic E-state index is 0.178. The molecule has 144 valence electrons. The van der Waals surface area contributed by atoms with E-state index in [1.54, 1.807) is 49.4 Å². The molecule has 0 fully saturated rings. The van der Waals surface area contributed by atoms with Crippen molar-refractivity contribution in [2.24, 2.45) is 0 Å². The molecule has 0 aliphatic heterocycles. The zero-order valence-electron chi connectivity index (χ0n) is 15.7. The highest BCUT2D eigenvalue weighted by Gasteiger charge is 2.20. The number of para-hydroxylation sites is 3. The van der Waals surface area contributed by atoms with Crippen LogP contribution in [0.1, 0.15) is 10.4 Å². The average molecular weight is 380 g/mol. The Morgan fingerprint density at radius 2 is 1.68 bits per heavy atom. The van der Waals surface area contributed by atoms with Gasteiger partial charge in [0.05, 0.1) is 25.5 Å². The van der Waals surface area contributed by atoms with Crippen molar-refractivity contribution in [3.8, 4) is 17.4 Å². The minimum Gasteiger partial charge on any atom is -0.493 e. The molecule has 0 aliphatic carbocycles. The van der Waals surface area contributed by atoms with E-state index in [9.17, 15) is 4.79 Å². The molecule has 3 aromatic rings. The summed E-state index contributed by atoms with van der Waals surface area (Å²) in [5.74, 6) is 1.12. The zero-order valence-corrected chi connectivity index (χ0v) is 15.7. The van der Waals surface area contributed by atoms with Crippen LogP contribution in [0.3, 0.4) is 0 Å². The Kier molecular flexibility index (Phi) is 5.59. The summed E-state index contributed by atoms with van der Waals surface area (Å²) in [6, 6.07) is 14.2. The molecule has 0 amide bonds. The van der Waals surface area contributed by atoms with Gasteiger partial charge in [-0.2, -0.15) is 4.98 Å². The number of rotatable bonds is 6. The van der Waals surface area contributed by atoms with Crippen LogP contribution in [0.4, 0.5) is 17.2 Å². The number of methoxy groups -OCH3 is 2. The van der Waals surface area contributed by atoms with E-state index >= 15 is 0 Å². The monoisotopic (exact) mass is 380 g/mol. The molecule has 8 nitrogen and oxygen atoms in total. The Bertz CT molecular complexity index is 993. The highest BCUT2D eigenvalue weighted by molar-refractivity contribution is 5.97. The van der Waals surface area contributed by atoms with Crippen LogP contribution in [-0.4, -0.2) is 37.2 Å². The second-order valence-corrected chi connectivity index (χ2v) is 5.74. The van der Waals surface area contributed by atoms with Crippen molar-refractivity contribution in [2.75, 3.05) is 31.9 Å². The van der Waals surface area contributed by atoms with Crippen LogP contribution in [0.5, 0.6) is 17.4 Å². The van der Waals surface area contributed by atoms with Gasteiger partial charge in [0.25, 0.3) is 0 Å². The molecule has 0 spiro atoms. The van der Waals surface area contributed by atoms with E-state index in [0.717, 1.165) is 0 Å². The third kappa shape index (κ3) is 3.66. The number of aromatic nitrogens is 2. The number of nitrogen functional groups attached to an aromatic ring is 1. The quantitative estimate of drug-likeness (QED) is 0.650. The second kappa shape index (κ2) is 8.26. The molecule has 0 bridgehead atoms. The van der Waals surface area contributed by atoms with Crippen molar-refractivity contribution < 1.29 is 19.0 Å². The lowest BCUT2D eigenvalue weighted by atomic mass is 10.1. The van der Waals surface area contributed by atoms with Gasteiger partial charge in [0.2, 0.25) is 5.88 Å². The molecular weight excluding hydrogens is 360 g/mol. The Morgan fingerprint density at radius 1 is 1.00 bits per heavy atom. The maximum Gasteiger partial charge on any atom is 0.339 e. The van der Waals surface area contributed by atoms with Gasteiger partial charge in [0, 0.05) is 7.05 Å². The maximum absolute atomic E-state index is 12.1.